The number of ether oxygens (including phenoxy) is 1. The molecule has 0 saturated carbocycles. The molecule has 0 aliphatic carbocycles. The molecule has 1 atom stereocenters. The molecule has 0 aromatic carbocycles. The van der Waals surface area contributed by atoms with Gasteiger partial charge in [0.05, 0.1) is 6.61 Å². The average Bonchev–Trinajstić information content (AvgIpc) is 2.08. The standard InChI is InChI=1S/C9H19NO3/c1-3-13-7-8(2)10-6-4-5-9(11)12/h8,10H,3-7H2,1-2H3,(H,11,12). The van der Waals surface area contributed by atoms with E-state index >= 15 is 0 Å². The Morgan fingerprint density at radius 1 is 1.62 bits per heavy atom. The van der Waals surface area contributed by atoms with Crippen LogP contribution >= 0.6 is 0 Å². The second-order valence-electron chi connectivity index (χ2n) is 3.01. The molecule has 4 heteroatoms. The maximum Gasteiger partial charge on any atom is 0.303 e. The Balaban J connectivity index is 3.16. The van der Waals surface area contributed by atoms with Gasteiger partial charge >= 0.3 is 5.97 Å². The molecular weight excluding hydrogens is 170 g/mol. The van der Waals surface area contributed by atoms with Crippen LogP contribution in [0.4, 0.5) is 0 Å². The smallest absolute Gasteiger partial charge is 0.303 e. The predicted octanol–water partition coefficient (Wildman–Crippen LogP) is 0.866. The minimum Gasteiger partial charge on any atom is -0.481 e. The molecule has 0 saturated heterocycles. The van der Waals surface area contributed by atoms with Gasteiger partial charge in [0.1, 0.15) is 0 Å². The lowest BCUT2D eigenvalue weighted by atomic mass is 10.3. The topological polar surface area (TPSA) is 58.6 Å². The zero-order chi connectivity index (χ0) is 10.1. The van der Waals surface area contributed by atoms with E-state index in [-0.39, 0.29) is 6.42 Å². The molecule has 4 nitrogen and oxygen atoms in total. The first-order valence-electron chi connectivity index (χ1n) is 4.69. The minimum absolute atomic E-state index is 0.231. The van der Waals surface area contributed by atoms with Gasteiger partial charge in [0.2, 0.25) is 0 Å². The monoisotopic (exact) mass is 189 g/mol. The highest BCUT2D eigenvalue weighted by molar-refractivity contribution is 5.66. The summed E-state index contributed by atoms with van der Waals surface area (Å²) in [6, 6.07) is 0.300. The van der Waals surface area contributed by atoms with Gasteiger partial charge in [-0.05, 0) is 26.8 Å². The fourth-order valence-corrected chi connectivity index (χ4v) is 0.942. The van der Waals surface area contributed by atoms with Crippen LogP contribution in [0, 0.1) is 0 Å². The van der Waals surface area contributed by atoms with Gasteiger partial charge in [-0.2, -0.15) is 0 Å². The Bertz CT molecular complexity index is 139. The van der Waals surface area contributed by atoms with Gasteiger partial charge in [-0.15, -0.1) is 0 Å². The maximum atomic E-state index is 10.2. The zero-order valence-corrected chi connectivity index (χ0v) is 8.38. The van der Waals surface area contributed by atoms with Gasteiger partial charge in [-0.25, -0.2) is 0 Å². The molecule has 0 aliphatic rings. The molecule has 0 radical (unpaired) electrons. The van der Waals surface area contributed by atoms with Crippen LogP contribution in [0.3, 0.4) is 0 Å². The second kappa shape index (κ2) is 8.01. The van der Waals surface area contributed by atoms with Crippen molar-refractivity contribution >= 4 is 5.97 Å². The van der Waals surface area contributed by atoms with Gasteiger partial charge in [0.25, 0.3) is 0 Å². The summed E-state index contributed by atoms with van der Waals surface area (Å²) in [6.45, 7) is 6.12. The highest BCUT2D eigenvalue weighted by Crippen LogP contribution is 1.89. The first kappa shape index (κ1) is 12.4. The van der Waals surface area contributed by atoms with Crippen molar-refractivity contribution in [3.8, 4) is 0 Å². The van der Waals surface area contributed by atoms with Crippen LogP contribution in [0.5, 0.6) is 0 Å². The third kappa shape index (κ3) is 9.30. The Morgan fingerprint density at radius 3 is 2.85 bits per heavy atom. The highest BCUT2D eigenvalue weighted by atomic mass is 16.5. The summed E-state index contributed by atoms with van der Waals surface area (Å²) in [4.78, 5) is 10.2. The lowest BCUT2D eigenvalue weighted by Gasteiger charge is -2.12. The molecule has 1 unspecified atom stereocenters. The number of nitrogens with one attached hydrogen (secondary N) is 1. The number of aliphatic carboxylic acids is 1. The van der Waals surface area contributed by atoms with E-state index in [1.807, 2.05) is 13.8 Å². The Morgan fingerprint density at radius 2 is 2.31 bits per heavy atom. The van der Waals surface area contributed by atoms with E-state index in [2.05, 4.69) is 5.32 Å². The molecule has 13 heavy (non-hydrogen) atoms. The third-order valence-electron chi connectivity index (χ3n) is 1.63. The van der Waals surface area contributed by atoms with E-state index < -0.39 is 5.97 Å². The van der Waals surface area contributed by atoms with Crippen molar-refractivity contribution in [1.82, 2.24) is 5.32 Å². The van der Waals surface area contributed by atoms with E-state index in [1.165, 1.54) is 0 Å². The molecule has 0 aromatic rings. The van der Waals surface area contributed by atoms with Crippen LogP contribution in [0.15, 0.2) is 0 Å². The van der Waals surface area contributed by atoms with Crippen molar-refractivity contribution in [1.29, 1.82) is 0 Å². The van der Waals surface area contributed by atoms with Crippen molar-refractivity contribution in [2.24, 2.45) is 0 Å². The van der Waals surface area contributed by atoms with Crippen molar-refractivity contribution in [2.45, 2.75) is 32.7 Å². The molecule has 0 fully saturated rings. The molecule has 0 rings (SSSR count). The number of carbonyl (C=O) groups is 1. The first-order valence-corrected chi connectivity index (χ1v) is 4.69. The number of hydrogen-bond donors (Lipinski definition) is 2. The summed E-state index contributed by atoms with van der Waals surface area (Å²) in [5.41, 5.74) is 0. The van der Waals surface area contributed by atoms with Crippen molar-refractivity contribution < 1.29 is 14.6 Å². The molecule has 2 N–H and O–H groups in total. The normalized spacial score (nSPS) is 12.8. The molecule has 0 amide bonds. The second-order valence-corrected chi connectivity index (χ2v) is 3.01. The summed E-state index contributed by atoms with van der Waals surface area (Å²) < 4.78 is 5.19. The highest BCUT2D eigenvalue weighted by Gasteiger charge is 2.01. The van der Waals surface area contributed by atoms with Gasteiger partial charge in [0, 0.05) is 19.1 Å². The lowest BCUT2D eigenvalue weighted by molar-refractivity contribution is -0.137. The quantitative estimate of drug-likeness (QED) is 0.556. The van der Waals surface area contributed by atoms with Crippen molar-refractivity contribution in [3.63, 3.8) is 0 Å². The lowest BCUT2D eigenvalue weighted by Crippen LogP contribution is -2.31. The molecule has 0 aromatic heterocycles. The van der Waals surface area contributed by atoms with Gasteiger partial charge in [0.15, 0.2) is 0 Å². The first-order chi connectivity index (χ1) is 6.16. The van der Waals surface area contributed by atoms with Crippen LogP contribution in [0.2, 0.25) is 0 Å². The fourth-order valence-electron chi connectivity index (χ4n) is 0.942. The molecule has 0 heterocycles. The number of rotatable bonds is 8. The zero-order valence-electron chi connectivity index (χ0n) is 8.38. The molecule has 78 valence electrons. The summed E-state index contributed by atoms with van der Waals surface area (Å²) in [5, 5.41) is 11.6. The van der Waals surface area contributed by atoms with E-state index in [4.69, 9.17) is 9.84 Å². The summed E-state index contributed by atoms with van der Waals surface area (Å²) >= 11 is 0. The van der Waals surface area contributed by atoms with Crippen LogP contribution < -0.4 is 5.32 Å². The van der Waals surface area contributed by atoms with Crippen LogP contribution in [-0.2, 0) is 9.53 Å². The summed E-state index contributed by atoms with van der Waals surface area (Å²) in [6.07, 6.45) is 0.903. The van der Waals surface area contributed by atoms with E-state index in [0.29, 0.717) is 19.1 Å². The summed E-state index contributed by atoms with van der Waals surface area (Å²) in [7, 11) is 0. The van der Waals surface area contributed by atoms with Crippen LogP contribution in [-0.4, -0.2) is 36.9 Å². The minimum atomic E-state index is -0.737. The van der Waals surface area contributed by atoms with Gasteiger partial charge in [-0.3, -0.25) is 4.79 Å². The molecular formula is C9H19NO3. The van der Waals surface area contributed by atoms with E-state index in [0.717, 1.165) is 13.2 Å². The average molecular weight is 189 g/mol. The number of carboxylic acids is 1. The molecule has 0 bridgehead atoms. The SMILES string of the molecule is CCOCC(C)NCCCC(=O)O. The van der Waals surface area contributed by atoms with Crippen molar-refractivity contribution in [3.05, 3.63) is 0 Å². The molecule has 0 aliphatic heterocycles. The summed E-state index contributed by atoms with van der Waals surface area (Å²) in [5.74, 6) is -0.737. The fraction of sp³-hybridized carbons (Fsp3) is 0.889. The largest absolute Gasteiger partial charge is 0.481 e. The van der Waals surface area contributed by atoms with E-state index in [9.17, 15) is 4.79 Å². The number of carboxylic acid groups (broad SMARTS) is 1. The Hall–Kier alpha value is -0.610. The van der Waals surface area contributed by atoms with Crippen molar-refractivity contribution in [2.75, 3.05) is 19.8 Å². The van der Waals surface area contributed by atoms with Gasteiger partial charge in [-0.1, -0.05) is 0 Å². The van der Waals surface area contributed by atoms with Crippen LogP contribution in [0.25, 0.3) is 0 Å². The maximum absolute atomic E-state index is 10.2. The predicted molar refractivity (Wildman–Crippen MR) is 50.8 cm³/mol. The van der Waals surface area contributed by atoms with Gasteiger partial charge < -0.3 is 15.2 Å². The Labute approximate surface area is 79.3 Å². The van der Waals surface area contributed by atoms with Crippen LogP contribution in [0.1, 0.15) is 26.7 Å². The third-order valence-corrected chi connectivity index (χ3v) is 1.63. The molecule has 0 spiro atoms. The Kier molecular flexibility index (Phi) is 7.63. The number of hydrogen-bond acceptors (Lipinski definition) is 3. The van der Waals surface area contributed by atoms with E-state index in [1.54, 1.807) is 0 Å².